The number of nitrogens with zero attached hydrogens (tertiary/aromatic N) is 2. The number of nitrogens with two attached hydrogens (primary N) is 1. The second kappa shape index (κ2) is 5.71. The zero-order valence-corrected chi connectivity index (χ0v) is 9.47. The van der Waals surface area contributed by atoms with Crippen LogP contribution in [-0.4, -0.2) is 28.9 Å². The van der Waals surface area contributed by atoms with Gasteiger partial charge in [0.25, 0.3) is 6.29 Å². The lowest BCUT2D eigenvalue weighted by molar-refractivity contribution is 0.163. The fourth-order valence-electron chi connectivity index (χ4n) is 0.659. The van der Waals surface area contributed by atoms with Crippen LogP contribution in [0.5, 0.6) is 0 Å². The lowest BCUT2D eigenvalue weighted by Gasteiger charge is -1.94. The summed E-state index contributed by atoms with van der Waals surface area (Å²) in [6.07, 6.45) is 1.64. The van der Waals surface area contributed by atoms with E-state index in [1.165, 1.54) is 11.3 Å². The van der Waals surface area contributed by atoms with Gasteiger partial charge in [-0.15, -0.1) is 11.3 Å². The molecular formula is C7H7BrN3O2S. The zero-order chi connectivity index (χ0) is 10.4. The molecule has 75 valence electrons. The van der Waals surface area contributed by atoms with Gasteiger partial charge in [0.05, 0.1) is 0 Å². The number of hydrogen-bond donors (Lipinski definition) is 1. The van der Waals surface area contributed by atoms with Crippen LogP contribution in [0.15, 0.2) is 10.5 Å². The highest BCUT2D eigenvalue weighted by atomic mass is 79.9. The number of nitrogen functional groups attached to an aromatic ring is 1. The molecule has 1 rings (SSSR count). The van der Waals surface area contributed by atoms with Crippen molar-refractivity contribution < 1.29 is 9.63 Å². The number of hydrogen-bond acceptors (Lipinski definition) is 6. The Balaban J connectivity index is 2.71. The molecule has 0 aliphatic carbocycles. The van der Waals surface area contributed by atoms with Gasteiger partial charge in [0.15, 0.2) is 10.8 Å². The van der Waals surface area contributed by atoms with Crippen molar-refractivity contribution >= 4 is 44.4 Å². The minimum Gasteiger partial charge on any atom is -0.394 e. The maximum absolute atomic E-state index is 10.5. The van der Waals surface area contributed by atoms with Gasteiger partial charge in [-0.05, 0) is 0 Å². The molecule has 0 saturated heterocycles. The summed E-state index contributed by atoms with van der Waals surface area (Å²) < 4.78 is 0. The second-order valence-corrected chi connectivity index (χ2v) is 3.82. The second-order valence-electron chi connectivity index (χ2n) is 2.14. The molecule has 0 aliphatic rings. The summed E-state index contributed by atoms with van der Waals surface area (Å²) in [4.78, 5) is 19.2. The quantitative estimate of drug-likeness (QED) is 0.376. The number of alkyl halides is 1. The molecule has 0 atom stereocenters. The number of rotatable bonds is 5. The molecule has 7 heteroatoms. The number of halogens is 1. The van der Waals surface area contributed by atoms with Crippen molar-refractivity contribution in [2.75, 3.05) is 17.7 Å². The van der Waals surface area contributed by atoms with Gasteiger partial charge in [0.2, 0.25) is 0 Å². The van der Waals surface area contributed by atoms with Crippen LogP contribution in [0.3, 0.4) is 0 Å². The van der Waals surface area contributed by atoms with Crippen molar-refractivity contribution in [1.29, 1.82) is 0 Å². The highest BCUT2D eigenvalue weighted by Gasteiger charge is 2.08. The van der Waals surface area contributed by atoms with Crippen molar-refractivity contribution in [3.8, 4) is 0 Å². The predicted octanol–water partition coefficient (Wildman–Crippen LogP) is 0.951. The van der Waals surface area contributed by atoms with Crippen molar-refractivity contribution in [2.24, 2.45) is 5.16 Å². The third-order valence-electron chi connectivity index (χ3n) is 1.19. The first-order valence-corrected chi connectivity index (χ1v) is 5.63. The Labute approximate surface area is 93.1 Å². The molecule has 1 heterocycles. The van der Waals surface area contributed by atoms with E-state index in [2.05, 4.69) is 26.1 Å². The average Bonchev–Trinajstić information content (AvgIpc) is 2.60. The van der Waals surface area contributed by atoms with E-state index in [0.717, 1.165) is 0 Å². The Morgan fingerprint density at radius 3 is 3.14 bits per heavy atom. The minimum absolute atomic E-state index is 0.0268. The van der Waals surface area contributed by atoms with Crippen molar-refractivity contribution in [2.45, 2.75) is 0 Å². The van der Waals surface area contributed by atoms with Crippen LogP contribution >= 0.6 is 27.3 Å². The van der Waals surface area contributed by atoms with Crippen LogP contribution in [-0.2, 0) is 9.63 Å². The molecule has 5 nitrogen and oxygen atoms in total. The highest BCUT2D eigenvalue weighted by molar-refractivity contribution is 9.09. The van der Waals surface area contributed by atoms with E-state index in [1.807, 2.05) is 0 Å². The summed E-state index contributed by atoms with van der Waals surface area (Å²) in [5.74, 6) is 0. The minimum atomic E-state index is 0.0268. The molecular weight excluding hydrogens is 270 g/mol. The molecule has 1 radical (unpaired) electrons. The van der Waals surface area contributed by atoms with Gasteiger partial charge >= 0.3 is 0 Å². The molecule has 0 spiro atoms. The number of anilines is 1. The number of thiazole rings is 1. The van der Waals surface area contributed by atoms with Gasteiger partial charge in [-0.2, -0.15) is 0 Å². The van der Waals surface area contributed by atoms with Crippen LogP contribution < -0.4 is 5.73 Å². The molecule has 0 fully saturated rings. The summed E-state index contributed by atoms with van der Waals surface area (Å²) >= 11 is 4.38. The molecule has 0 unspecified atom stereocenters. The maximum Gasteiger partial charge on any atom is 0.259 e. The Bertz CT molecular complexity index is 339. The normalized spacial score (nSPS) is 11.4. The molecule has 0 aliphatic heterocycles. The van der Waals surface area contributed by atoms with E-state index in [4.69, 9.17) is 10.6 Å². The number of carbonyl (C=O) groups excluding carboxylic acids is 1. The predicted molar refractivity (Wildman–Crippen MR) is 58.5 cm³/mol. The van der Waals surface area contributed by atoms with Crippen molar-refractivity contribution in [3.05, 3.63) is 11.1 Å². The SMILES string of the molecule is Nc1nc(/C([C]=O)=N/OCCBr)cs1. The third-order valence-corrected chi connectivity index (χ3v) is 2.18. The van der Waals surface area contributed by atoms with E-state index in [0.29, 0.717) is 22.8 Å². The van der Waals surface area contributed by atoms with Crippen LogP contribution in [0, 0.1) is 0 Å². The third kappa shape index (κ3) is 3.08. The lowest BCUT2D eigenvalue weighted by Crippen LogP contribution is -2.05. The average molecular weight is 277 g/mol. The molecule has 0 bridgehead atoms. The molecule has 1 aromatic rings. The van der Waals surface area contributed by atoms with Gasteiger partial charge in [0.1, 0.15) is 12.3 Å². The largest absolute Gasteiger partial charge is 0.394 e. The standard InChI is InChI=1S/C7H7BrN3O2S/c8-1-2-13-11-5(3-12)6-4-14-7(9)10-6/h4H,1-2H2,(H2,9,10)/b11-5+. The fraction of sp³-hybridized carbons (Fsp3) is 0.286. The first-order chi connectivity index (χ1) is 6.77. The van der Waals surface area contributed by atoms with E-state index < -0.39 is 0 Å². The first-order valence-electron chi connectivity index (χ1n) is 3.63. The van der Waals surface area contributed by atoms with Gasteiger partial charge in [-0.1, -0.05) is 21.1 Å². The molecule has 0 saturated carbocycles. The smallest absolute Gasteiger partial charge is 0.259 e. The summed E-state index contributed by atoms with van der Waals surface area (Å²) in [5.41, 5.74) is 5.81. The maximum atomic E-state index is 10.5. The molecule has 14 heavy (non-hydrogen) atoms. The van der Waals surface area contributed by atoms with Crippen molar-refractivity contribution in [1.82, 2.24) is 4.98 Å². The first kappa shape index (κ1) is 11.1. The Morgan fingerprint density at radius 2 is 2.64 bits per heavy atom. The molecule has 0 aromatic carbocycles. The topological polar surface area (TPSA) is 77.6 Å². The van der Waals surface area contributed by atoms with E-state index in [1.54, 1.807) is 11.7 Å². The van der Waals surface area contributed by atoms with Crippen LogP contribution in [0.1, 0.15) is 5.69 Å². The highest BCUT2D eigenvalue weighted by Crippen LogP contribution is 2.11. The Morgan fingerprint density at radius 1 is 1.86 bits per heavy atom. The fourth-order valence-corrected chi connectivity index (χ4v) is 1.35. The van der Waals surface area contributed by atoms with E-state index >= 15 is 0 Å². The monoisotopic (exact) mass is 276 g/mol. The van der Waals surface area contributed by atoms with E-state index in [-0.39, 0.29) is 5.71 Å². The van der Waals surface area contributed by atoms with Crippen LogP contribution in [0.2, 0.25) is 0 Å². The lowest BCUT2D eigenvalue weighted by atomic mass is 10.3. The van der Waals surface area contributed by atoms with E-state index in [9.17, 15) is 4.79 Å². The molecule has 0 amide bonds. The van der Waals surface area contributed by atoms with Crippen molar-refractivity contribution in [3.63, 3.8) is 0 Å². The number of oxime groups is 1. The zero-order valence-electron chi connectivity index (χ0n) is 7.07. The van der Waals surface area contributed by atoms with Gasteiger partial charge in [0, 0.05) is 10.7 Å². The molecule has 1 aromatic heterocycles. The molecule has 2 N–H and O–H groups in total. The summed E-state index contributed by atoms with van der Waals surface area (Å²) in [5, 5.41) is 6.21. The van der Waals surface area contributed by atoms with Gasteiger partial charge < -0.3 is 10.6 Å². The van der Waals surface area contributed by atoms with Gasteiger partial charge in [-0.3, -0.25) is 4.79 Å². The van der Waals surface area contributed by atoms with Crippen LogP contribution in [0.25, 0.3) is 0 Å². The summed E-state index contributed by atoms with van der Waals surface area (Å²) in [7, 11) is 0. The Hall–Kier alpha value is -0.950. The van der Waals surface area contributed by atoms with Crippen LogP contribution in [0.4, 0.5) is 5.13 Å². The Kier molecular flexibility index (Phi) is 4.54. The summed E-state index contributed by atoms with van der Waals surface area (Å²) in [6.45, 7) is 0.380. The number of aromatic nitrogens is 1. The van der Waals surface area contributed by atoms with Gasteiger partial charge in [-0.25, -0.2) is 4.98 Å². The summed E-state index contributed by atoms with van der Waals surface area (Å²) in [6, 6.07) is 0.